The van der Waals surface area contributed by atoms with Crippen LogP contribution in [0.5, 0.6) is 0 Å². The lowest BCUT2D eigenvalue weighted by atomic mass is 9.95. The number of benzene rings is 1. The van der Waals surface area contributed by atoms with Gasteiger partial charge in [-0.2, -0.15) is 0 Å². The lowest BCUT2D eigenvalue weighted by Crippen LogP contribution is -2.16. The minimum absolute atomic E-state index is 0.249. The van der Waals surface area contributed by atoms with Gasteiger partial charge in [0.1, 0.15) is 5.82 Å². The van der Waals surface area contributed by atoms with Crippen LogP contribution in [0.3, 0.4) is 0 Å². The molecule has 0 radical (unpaired) electrons. The van der Waals surface area contributed by atoms with Crippen molar-refractivity contribution in [3.63, 3.8) is 0 Å². The lowest BCUT2D eigenvalue weighted by Gasteiger charge is -2.16. The largest absolute Gasteiger partial charge is 0.329 e. The molecule has 0 saturated carbocycles. The molecule has 2 aromatic rings. The van der Waals surface area contributed by atoms with E-state index in [1.165, 1.54) is 6.07 Å². The molecule has 3 nitrogen and oxygen atoms in total. The average molecular weight is 266 g/mol. The van der Waals surface area contributed by atoms with Crippen LogP contribution in [0.2, 0.25) is 5.02 Å². The Morgan fingerprint density at radius 2 is 2.17 bits per heavy atom. The number of hydrogen-bond acceptors (Lipinski definition) is 3. The molecule has 0 aliphatic heterocycles. The Hall–Kier alpha value is -1.52. The molecule has 94 valence electrons. The average Bonchev–Trinajstić information content (AvgIpc) is 2.38. The molecule has 0 spiro atoms. The summed E-state index contributed by atoms with van der Waals surface area (Å²) in [6.45, 7) is 1.96. The fourth-order valence-electron chi connectivity index (χ4n) is 1.83. The van der Waals surface area contributed by atoms with Gasteiger partial charge in [0.15, 0.2) is 0 Å². The summed E-state index contributed by atoms with van der Waals surface area (Å²) in [5.41, 5.74) is 7.58. The molecule has 0 fully saturated rings. The highest BCUT2D eigenvalue weighted by Gasteiger charge is 2.18. The first-order chi connectivity index (χ1) is 8.63. The van der Waals surface area contributed by atoms with E-state index in [-0.39, 0.29) is 11.7 Å². The van der Waals surface area contributed by atoms with Crippen molar-refractivity contribution >= 4 is 11.6 Å². The summed E-state index contributed by atoms with van der Waals surface area (Å²) in [6.07, 6.45) is 4.77. The Kier molecular flexibility index (Phi) is 3.89. The molecule has 1 aromatic heterocycles. The summed E-state index contributed by atoms with van der Waals surface area (Å²) in [5.74, 6) is -0.543. The highest BCUT2D eigenvalue weighted by molar-refractivity contribution is 6.31. The Balaban J connectivity index is 2.49. The van der Waals surface area contributed by atoms with E-state index in [1.54, 1.807) is 31.6 Å². The Labute approximate surface area is 110 Å². The maximum Gasteiger partial charge on any atom is 0.126 e. The van der Waals surface area contributed by atoms with Crippen LogP contribution >= 0.6 is 11.6 Å². The van der Waals surface area contributed by atoms with Crippen molar-refractivity contribution < 1.29 is 4.39 Å². The summed E-state index contributed by atoms with van der Waals surface area (Å²) in [4.78, 5) is 8.19. The standard InChI is InChI=1S/C13H13ClFN3/c1-8-4-11(14)9(5-12(8)15)10(6-16)13-7-17-2-3-18-13/h2-5,7,10H,6,16H2,1H3. The molecule has 18 heavy (non-hydrogen) atoms. The van der Waals surface area contributed by atoms with E-state index in [0.29, 0.717) is 28.4 Å². The molecule has 5 heteroatoms. The van der Waals surface area contributed by atoms with Gasteiger partial charge in [-0.25, -0.2) is 4.39 Å². The maximum atomic E-state index is 13.6. The van der Waals surface area contributed by atoms with Gasteiger partial charge >= 0.3 is 0 Å². The van der Waals surface area contributed by atoms with E-state index >= 15 is 0 Å². The van der Waals surface area contributed by atoms with Crippen molar-refractivity contribution in [1.82, 2.24) is 9.97 Å². The zero-order valence-corrected chi connectivity index (χ0v) is 10.7. The van der Waals surface area contributed by atoms with Crippen LogP contribution in [0, 0.1) is 12.7 Å². The first-order valence-electron chi connectivity index (χ1n) is 5.55. The fraction of sp³-hybridized carbons (Fsp3) is 0.231. The Bertz CT molecular complexity index is 545. The van der Waals surface area contributed by atoms with Crippen molar-refractivity contribution in [3.05, 3.63) is 58.4 Å². The van der Waals surface area contributed by atoms with E-state index < -0.39 is 0 Å². The number of nitrogens with two attached hydrogens (primary N) is 1. The second-order valence-corrected chi connectivity index (χ2v) is 4.45. The van der Waals surface area contributed by atoms with Crippen LogP contribution < -0.4 is 5.73 Å². The van der Waals surface area contributed by atoms with E-state index in [1.807, 2.05) is 0 Å². The van der Waals surface area contributed by atoms with E-state index in [2.05, 4.69) is 9.97 Å². The zero-order valence-electron chi connectivity index (χ0n) is 9.90. The van der Waals surface area contributed by atoms with Gasteiger partial charge in [-0.3, -0.25) is 9.97 Å². The van der Waals surface area contributed by atoms with Gasteiger partial charge in [0.25, 0.3) is 0 Å². The van der Waals surface area contributed by atoms with Crippen LogP contribution in [-0.2, 0) is 0 Å². The van der Waals surface area contributed by atoms with Crippen molar-refractivity contribution in [1.29, 1.82) is 0 Å². The molecular weight excluding hydrogens is 253 g/mol. The summed E-state index contributed by atoms with van der Waals surface area (Å²) >= 11 is 6.15. The second-order valence-electron chi connectivity index (χ2n) is 4.04. The molecular formula is C13H13ClFN3. The summed E-state index contributed by atoms with van der Waals surface area (Å²) in [7, 11) is 0. The molecule has 1 atom stereocenters. The van der Waals surface area contributed by atoms with E-state index in [4.69, 9.17) is 17.3 Å². The SMILES string of the molecule is Cc1cc(Cl)c(C(CN)c2cnccn2)cc1F. The van der Waals surface area contributed by atoms with Crippen molar-refractivity contribution in [2.75, 3.05) is 6.54 Å². The predicted molar refractivity (Wildman–Crippen MR) is 69.1 cm³/mol. The third-order valence-corrected chi connectivity index (χ3v) is 3.16. The third kappa shape index (κ3) is 2.49. The monoisotopic (exact) mass is 265 g/mol. The molecule has 2 rings (SSSR count). The quantitative estimate of drug-likeness (QED) is 0.928. The summed E-state index contributed by atoms with van der Waals surface area (Å²) < 4.78 is 13.6. The number of hydrogen-bond donors (Lipinski definition) is 1. The molecule has 1 heterocycles. The number of aromatic nitrogens is 2. The number of nitrogens with zero attached hydrogens (tertiary/aromatic N) is 2. The maximum absolute atomic E-state index is 13.6. The summed E-state index contributed by atoms with van der Waals surface area (Å²) in [6, 6.07) is 3.02. The Morgan fingerprint density at radius 1 is 1.39 bits per heavy atom. The first kappa shape index (κ1) is 12.9. The van der Waals surface area contributed by atoms with Crippen molar-refractivity contribution in [2.24, 2.45) is 5.73 Å². The van der Waals surface area contributed by atoms with Gasteiger partial charge in [0.2, 0.25) is 0 Å². The number of aryl methyl sites for hydroxylation is 1. The van der Waals surface area contributed by atoms with Crippen LogP contribution in [-0.4, -0.2) is 16.5 Å². The number of rotatable bonds is 3. The molecule has 1 aromatic carbocycles. The Morgan fingerprint density at radius 3 is 2.78 bits per heavy atom. The van der Waals surface area contributed by atoms with Crippen LogP contribution in [0.25, 0.3) is 0 Å². The van der Waals surface area contributed by atoms with Gasteiger partial charge in [-0.05, 0) is 30.2 Å². The number of halogens is 2. The van der Waals surface area contributed by atoms with Gasteiger partial charge < -0.3 is 5.73 Å². The minimum Gasteiger partial charge on any atom is -0.329 e. The van der Waals surface area contributed by atoms with Crippen LogP contribution in [0.15, 0.2) is 30.7 Å². The van der Waals surface area contributed by atoms with Gasteiger partial charge in [-0.15, -0.1) is 0 Å². The topological polar surface area (TPSA) is 51.8 Å². The molecule has 0 aliphatic carbocycles. The van der Waals surface area contributed by atoms with Gasteiger partial charge in [0, 0.05) is 36.1 Å². The molecule has 1 unspecified atom stereocenters. The predicted octanol–water partition coefficient (Wildman–Crippen LogP) is 2.67. The van der Waals surface area contributed by atoms with Crippen molar-refractivity contribution in [3.8, 4) is 0 Å². The van der Waals surface area contributed by atoms with Gasteiger partial charge in [0.05, 0.1) is 5.69 Å². The molecule has 0 aliphatic rings. The van der Waals surface area contributed by atoms with E-state index in [0.717, 1.165) is 0 Å². The van der Waals surface area contributed by atoms with E-state index in [9.17, 15) is 4.39 Å². The highest BCUT2D eigenvalue weighted by Crippen LogP contribution is 2.30. The lowest BCUT2D eigenvalue weighted by molar-refractivity contribution is 0.613. The minimum atomic E-state index is -0.295. The first-order valence-corrected chi connectivity index (χ1v) is 5.92. The fourth-order valence-corrected chi connectivity index (χ4v) is 2.18. The second kappa shape index (κ2) is 5.42. The third-order valence-electron chi connectivity index (χ3n) is 2.83. The molecule has 2 N–H and O–H groups in total. The van der Waals surface area contributed by atoms with Gasteiger partial charge in [-0.1, -0.05) is 11.6 Å². The summed E-state index contributed by atoms with van der Waals surface area (Å²) in [5, 5.41) is 0.495. The molecule has 0 saturated heterocycles. The van der Waals surface area contributed by atoms with Crippen LogP contribution in [0.1, 0.15) is 22.7 Å². The zero-order chi connectivity index (χ0) is 13.1. The van der Waals surface area contributed by atoms with Crippen LogP contribution in [0.4, 0.5) is 4.39 Å². The molecule has 0 amide bonds. The van der Waals surface area contributed by atoms with Crippen molar-refractivity contribution in [2.45, 2.75) is 12.8 Å². The molecule has 0 bridgehead atoms. The highest BCUT2D eigenvalue weighted by atomic mass is 35.5. The smallest absolute Gasteiger partial charge is 0.126 e. The normalized spacial score (nSPS) is 12.4.